The minimum atomic E-state index is -0.640. The molecule has 0 aliphatic rings. The summed E-state index contributed by atoms with van der Waals surface area (Å²) >= 11 is 5.96. The van der Waals surface area contributed by atoms with E-state index in [1.165, 1.54) is 6.92 Å². The summed E-state index contributed by atoms with van der Waals surface area (Å²) in [5, 5.41) is 10.7. The van der Waals surface area contributed by atoms with E-state index in [-0.39, 0.29) is 11.5 Å². The molecule has 0 radical (unpaired) electrons. The van der Waals surface area contributed by atoms with E-state index in [0.29, 0.717) is 10.7 Å². The van der Waals surface area contributed by atoms with E-state index in [9.17, 15) is 9.59 Å². The first-order chi connectivity index (χ1) is 9.41. The van der Waals surface area contributed by atoms with Gasteiger partial charge >= 0.3 is 5.56 Å². The second kappa shape index (κ2) is 5.30. The third-order valence-corrected chi connectivity index (χ3v) is 3.11. The number of azo groups is 1. The van der Waals surface area contributed by atoms with Crippen LogP contribution in [0.3, 0.4) is 0 Å². The fraction of sp³-hybridized carbons (Fsp3) is 0.167. The normalized spacial score (nSPS) is 11.2. The molecule has 0 unspecified atom stereocenters. The Hall–Kier alpha value is -2.41. The maximum atomic E-state index is 11.9. The Kier molecular flexibility index (Phi) is 3.71. The van der Waals surface area contributed by atoms with Gasteiger partial charge in [-0.1, -0.05) is 17.7 Å². The molecule has 0 atom stereocenters. The molecule has 0 fully saturated rings. The molecule has 2 aromatic rings. The number of aromatic nitrogens is 2. The molecule has 0 aliphatic heterocycles. The van der Waals surface area contributed by atoms with Crippen molar-refractivity contribution >= 4 is 34.7 Å². The lowest BCUT2D eigenvalue weighted by atomic mass is 10.2. The minimum absolute atomic E-state index is 0.0198. The standard InChI is InChI=1S/C12H12ClN5O2/c1-6-8(13)4-3-5-9(6)15-16-10-11(14)17-18(7(2)19)12(10)20/h3-5,17H,14H2,1-2H3. The van der Waals surface area contributed by atoms with Crippen LogP contribution in [0.4, 0.5) is 17.2 Å². The number of hydrogen-bond acceptors (Lipinski definition) is 5. The monoisotopic (exact) mass is 293 g/mol. The van der Waals surface area contributed by atoms with Crippen molar-refractivity contribution < 1.29 is 4.79 Å². The van der Waals surface area contributed by atoms with Gasteiger partial charge in [-0.15, -0.1) is 10.2 Å². The van der Waals surface area contributed by atoms with Crippen LogP contribution in [0.15, 0.2) is 33.2 Å². The van der Waals surface area contributed by atoms with Crippen molar-refractivity contribution in [3.8, 4) is 0 Å². The van der Waals surface area contributed by atoms with Gasteiger partial charge in [0.05, 0.1) is 5.69 Å². The molecular formula is C12H12ClN5O2. The highest BCUT2D eigenvalue weighted by atomic mass is 35.5. The molecule has 0 spiro atoms. The van der Waals surface area contributed by atoms with Gasteiger partial charge in [0, 0.05) is 11.9 Å². The number of nitrogens with one attached hydrogen (secondary N) is 1. The molecule has 0 aliphatic carbocycles. The third-order valence-electron chi connectivity index (χ3n) is 2.70. The van der Waals surface area contributed by atoms with Crippen molar-refractivity contribution in [2.24, 2.45) is 10.2 Å². The summed E-state index contributed by atoms with van der Waals surface area (Å²) in [6.45, 7) is 3.02. The van der Waals surface area contributed by atoms with E-state index < -0.39 is 11.5 Å². The first-order valence-electron chi connectivity index (χ1n) is 5.70. The van der Waals surface area contributed by atoms with Crippen LogP contribution in [0.25, 0.3) is 0 Å². The predicted molar refractivity (Wildman–Crippen MR) is 76.1 cm³/mol. The maximum Gasteiger partial charge on any atom is 0.303 e. The molecule has 1 aromatic carbocycles. The van der Waals surface area contributed by atoms with Crippen molar-refractivity contribution in [3.63, 3.8) is 0 Å². The summed E-state index contributed by atoms with van der Waals surface area (Å²) in [6, 6.07) is 5.15. The Morgan fingerprint density at radius 2 is 2.10 bits per heavy atom. The van der Waals surface area contributed by atoms with Gasteiger partial charge in [0.2, 0.25) is 5.91 Å². The summed E-state index contributed by atoms with van der Waals surface area (Å²) in [5.41, 5.74) is 6.11. The van der Waals surface area contributed by atoms with Crippen molar-refractivity contribution in [3.05, 3.63) is 39.1 Å². The third kappa shape index (κ3) is 2.48. The van der Waals surface area contributed by atoms with Crippen molar-refractivity contribution in [2.45, 2.75) is 13.8 Å². The molecule has 0 amide bonds. The quantitative estimate of drug-likeness (QED) is 0.831. The van der Waals surface area contributed by atoms with Gasteiger partial charge in [0.1, 0.15) is 5.82 Å². The van der Waals surface area contributed by atoms with Crippen LogP contribution < -0.4 is 11.3 Å². The zero-order valence-electron chi connectivity index (χ0n) is 10.8. The van der Waals surface area contributed by atoms with Gasteiger partial charge in [-0.3, -0.25) is 14.7 Å². The molecule has 20 heavy (non-hydrogen) atoms. The number of nitrogen functional groups attached to an aromatic ring is 1. The van der Waals surface area contributed by atoms with Gasteiger partial charge in [0.15, 0.2) is 5.69 Å². The maximum absolute atomic E-state index is 11.9. The van der Waals surface area contributed by atoms with E-state index in [2.05, 4.69) is 15.3 Å². The number of hydrogen-bond donors (Lipinski definition) is 2. The number of H-pyrrole nitrogens is 1. The van der Waals surface area contributed by atoms with Gasteiger partial charge < -0.3 is 5.73 Å². The number of halogens is 1. The zero-order chi connectivity index (χ0) is 14.9. The second-order valence-corrected chi connectivity index (χ2v) is 4.52. The number of nitrogens with two attached hydrogens (primary N) is 1. The summed E-state index contributed by atoms with van der Waals surface area (Å²) in [5.74, 6) is -0.504. The largest absolute Gasteiger partial charge is 0.382 e. The molecule has 0 bridgehead atoms. The highest BCUT2D eigenvalue weighted by molar-refractivity contribution is 6.31. The SMILES string of the molecule is CC(=O)n1[nH]c(N)c(N=Nc2cccc(Cl)c2C)c1=O. The first-order valence-corrected chi connectivity index (χ1v) is 6.08. The molecule has 104 valence electrons. The zero-order valence-corrected chi connectivity index (χ0v) is 11.6. The van der Waals surface area contributed by atoms with Gasteiger partial charge in [0.25, 0.3) is 0 Å². The topological polar surface area (TPSA) is 106 Å². The lowest BCUT2D eigenvalue weighted by molar-refractivity contribution is 0.0917. The van der Waals surface area contributed by atoms with Crippen molar-refractivity contribution in [1.29, 1.82) is 0 Å². The van der Waals surface area contributed by atoms with Gasteiger partial charge in [-0.05, 0) is 24.6 Å². The minimum Gasteiger partial charge on any atom is -0.382 e. The molecule has 1 aromatic heterocycles. The highest BCUT2D eigenvalue weighted by Gasteiger charge is 2.14. The van der Waals surface area contributed by atoms with Crippen molar-refractivity contribution in [2.75, 3.05) is 5.73 Å². The van der Waals surface area contributed by atoms with Gasteiger partial charge in [-0.2, -0.15) is 4.68 Å². The fourth-order valence-electron chi connectivity index (χ4n) is 1.57. The average Bonchev–Trinajstić information content (AvgIpc) is 2.67. The number of aromatic amines is 1. The molecule has 0 saturated carbocycles. The van der Waals surface area contributed by atoms with Crippen LogP contribution in [-0.4, -0.2) is 15.7 Å². The number of nitrogens with zero attached hydrogens (tertiary/aromatic N) is 3. The van der Waals surface area contributed by atoms with Gasteiger partial charge in [-0.25, -0.2) is 0 Å². The summed E-state index contributed by atoms with van der Waals surface area (Å²) in [7, 11) is 0. The molecule has 2 rings (SSSR count). The summed E-state index contributed by atoms with van der Waals surface area (Å²) in [4.78, 5) is 23.0. The van der Waals surface area contributed by atoms with Crippen LogP contribution in [-0.2, 0) is 0 Å². The van der Waals surface area contributed by atoms with E-state index in [4.69, 9.17) is 17.3 Å². The highest BCUT2D eigenvalue weighted by Crippen LogP contribution is 2.27. The summed E-state index contributed by atoms with van der Waals surface area (Å²) < 4.78 is 0.772. The van der Waals surface area contributed by atoms with Crippen LogP contribution in [0.1, 0.15) is 17.3 Å². The Bertz CT molecular complexity index is 760. The molecule has 8 heteroatoms. The van der Waals surface area contributed by atoms with E-state index in [1.54, 1.807) is 25.1 Å². The Balaban J connectivity index is 2.45. The molecule has 0 saturated heterocycles. The van der Waals surface area contributed by atoms with Crippen LogP contribution in [0, 0.1) is 6.92 Å². The van der Waals surface area contributed by atoms with Crippen LogP contribution >= 0.6 is 11.6 Å². The average molecular weight is 294 g/mol. The lowest BCUT2D eigenvalue weighted by Crippen LogP contribution is -2.21. The van der Waals surface area contributed by atoms with E-state index in [1.807, 2.05) is 0 Å². The first kappa shape index (κ1) is 14.0. The van der Waals surface area contributed by atoms with Crippen molar-refractivity contribution in [1.82, 2.24) is 9.78 Å². The smallest absolute Gasteiger partial charge is 0.303 e. The Morgan fingerprint density at radius 3 is 2.70 bits per heavy atom. The Labute approximate surface area is 119 Å². The Morgan fingerprint density at radius 1 is 1.40 bits per heavy atom. The molecule has 3 N–H and O–H groups in total. The van der Waals surface area contributed by atoms with Crippen LogP contribution in [0.2, 0.25) is 5.02 Å². The van der Waals surface area contributed by atoms with E-state index >= 15 is 0 Å². The van der Waals surface area contributed by atoms with Crippen LogP contribution in [0.5, 0.6) is 0 Å². The number of benzene rings is 1. The second-order valence-electron chi connectivity index (χ2n) is 4.12. The molecule has 7 nitrogen and oxygen atoms in total. The lowest BCUT2D eigenvalue weighted by Gasteiger charge is -1.99. The molecule has 1 heterocycles. The number of anilines is 1. The van der Waals surface area contributed by atoms with E-state index in [0.717, 1.165) is 10.2 Å². The number of carbonyl (C=O) groups is 1. The predicted octanol–water partition coefficient (Wildman–Crippen LogP) is 2.80. The molecular weight excluding hydrogens is 282 g/mol. The fourth-order valence-corrected chi connectivity index (χ4v) is 1.74. The number of rotatable bonds is 2. The summed E-state index contributed by atoms with van der Waals surface area (Å²) in [6.07, 6.45) is 0. The number of carbonyl (C=O) groups excluding carboxylic acids is 1.